The summed E-state index contributed by atoms with van der Waals surface area (Å²) in [6.07, 6.45) is 3.68. The van der Waals surface area contributed by atoms with E-state index in [2.05, 4.69) is 6.92 Å². The van der Waals surface area contributed by atoms with E-state index >= 15 is 0 Å². The molecule has 2 aliphatic rings. The number of amides is 1. The van der Waals surface area contributed by atoms with E-state index in [1.165, 1.54) is 12.8 Å². The molecule has 118 valence electrons. The minimum Gasteiger partial charge on any atom is -0.481 e. The molecule has 0 bridgehead atoms. The number of carbonyl (C=O) groups is 2. The van der Waals surface area contributed by atoms with Crippen LogP contribution in [-0.2, 0) is 16.1 Å². The van der Waals surface area contributed by atoms with Crippen molar-refractivity contribution in [3.05, 3.63) is 35.9 Å². The average Bonchev–Trinajstić information content (AvgIpc) is 3.27. The van der Waals surface area contributed by atoms with Gasteiger partial charge in [0, 0.05) is 12.6 Å². The highest BCUT2D eigenvalue weighted by atomic mass is 16.4. The molecule has 1 aromatic carbocycles. The lowest BCUT2D eigenvalue weighted by atomic mass is 9.72. The summed E-state index contributed by atoms with van der Waals surface area (Å²) in [5.74, 6) is -1.04. The van der Waals surface area contributed by atoms with E-state index in [0.717, 1.165) is 5.56 Å². The summed E-state index contributed by atoms with van der Waals surface area (Å²) in [5.41, 5.74) is 1.11. The van der Waals surface area contributed by atoms with Gasteiger partial charge in [-0.3, -0.25) is 9.59 Å². The number of carboxylic acid groups (broad SMARTS) is 1. The molecule has 4 nitrogen and oxygen atoms in total. The van der Waals surface area contributed by atoms with Crippen LogP contribution < -0.4 is 0 Å². The van der Waals surface area contributed by atoms with Crippen LogP contribution in [0.4, 0.5) is 0 Å². The molecule has 1 aromatic rings. The highest BCUT2D eigenvalue weighted by Crippen LogP contribution is 2.40. The zero-order valence-corrected chi connectivity index (χ0v) is 12.9. The van der Waals surface area contributed by atoms with Crippen LogP contribution in [-0.4, -0.2) is 27.9 Å². The van der Waals surface area contributed by atoms with Crippen molar-refractivity contribution in [3.63, 3.8) is 0 Å². The number of rotatable bonds is 6. The third-order valence-corrected chi connectivity index (χ3v) is 5.18. The fourth-order valence-corrected chi connectivity index (χ4v) is 3.34. The van der Waals surface area contributed by atoms with Crippen LogP contribution in [0, 0.1) is 17.8 Å². The van der Waals surface area contributed by atoms with E-state index in [9.17, 15) is 14.7 Å². The van der Waals surface area contributed by atoms with Crippen molar-refractivity contribution >= 4 is 11.9 Å². The van der Waals surface area contributed by atoms with E-state index < -0.39 is 11.9 Å². The van der Waals surface area contributed by atoms with E-state index in [1.807, 2.05) is 35.2 Å². The molecule has 3 rings (SSSR count). The van der Waals surface area contributed by atoms with Gasteiger partial charge >= 0.3 is 5.97 Å². The van der Waals surface area contributed by atoms with Gasteiger partial charge in [0.1, 0.15) is 0 Å². The monoisotopic (exact) mass is 301 g/mol. The van der Waals surface area contributed by atoms with Crippen LogP contribution in [0.3, 0.4) is 0 Å². The molecule has 0 heterocycles. The second-order valence-corrected chi connectivity index (χ2v) is 6.66. The molecule has 4 heteroatoms. The second kappa shape index (κ2) is 6.11. The van der Waals surface area contributed by atoms with Gasteiger partial charge in [0.25, 0.3) is 0 Å². The Morgan fingerprint density at radius 2 is 1.77 bits per heavy atom. The number of carbonyl (C=O) groups excluding carboxylic acids is 1. The van der Waals surface area contributed by atoms with Gasteiger partial charge in [-0.05, 0) is 44.1 Å². The SMILES string of the molecule is CC(C1CC1)N(Cc1ccccc1)C(=O)C1CCC1C(=O)O. The number of carboxylic acids is 1. The molecule has 0 aliphatic heterocycles. The summed E-state index contributed by atoms with van der Waals surface area (Å²) in [5, 5.41) is 9.21. The van der Waals surface area contributed by atoms with Crippen molar-refractivity contribution in [1.82, 2.24) is 4.90 Å². The molecule has 0 saturated heterocycles. The molecule has 2 saturated carbocycles. The van der Waals surface area contributed by atoms with Crippen molar-refractivity contribution in [2.75, 3.05) is 0 Å². The molecule has 0 spiro atoms. The Labute approximate surface area is 131 Å². The highest BCUT2D eigenvalue weighted by molar-refractivity contribution is 5.86. The third-order valence-electron chi connectivity index (χ3n) is 5.18. The van der Waals surface area contributed by atoms with E-state index in [1.54, 1.807) is 0 Å². The fourth-order valence-electron chi connectivity index (χ4n) is 3.34. The lowest BCUT2D eigenvalue weighted by Crippen LogP contribution is -2.49. The van der Waals surface area contributed by atoms with Gasteiger partial charge in [-0.15, -0.1) is 0 Å². The summed E-state index contributed by atoms with van der Waals surface area (Å²) < 4.78 is 0. The van der Waals surface area contributed by atoms with Gasteiger partial charge in [-0.1, -0.05) is 30.3 Å². The number of hydrogen-bond donors (Lipinski definition) is 1. The standard InChI is InChI=1S/C18H23NO3/c1-12(14-7-8-14)19(11-13-5-3-2-4-6-13)17(20)15-9-10-16(15)18(21)22/h2-6,12,14-16H,7-11H2,1H3,(H,21,22). The maximum Gasteiger partial charge on any atom is 0.307 e. The van der Waals surface area contributed by atoms with Crippen LogP contribution in [0.5, 0.6) is 0 Å². The molecule has 0 aromatic heterocycles. The van der Waals surface area contributed by atoms with Crippen molar-refractivity contribution in [3.8, 4) is 0 Å². The summed E-state index contributed by atoms with van der Waals surface area (Å²) in [4.78, 5) is 26.0. The van der Waals surface area contributed by atoms with Crippen molar-refractivity contribution < 1.29 is 14.7 Å². The van der Waals surface area contributed by atoms with Crippen molar-refractivity contribution in [1.29, 1.82) is 0 Å². The first-order valence-electron chi connectivity index (χ1n) is 8.15. The van der Waals surface area contributed by atoms with Crippen LogP contribution in [0.25, 0.3) is 0 Å². The Morgan fingerprint density at radius 3 is 2.27 bits per heavy atom. The predicted octanol–water partition coefficient (Wildman–Crippen LogP) is 2.92. The topological polar surface area (TPSA) is 57.6 Å². The molecule has 2 fully saturated rings. The van der Waals surface area contributed by atoms with E-state index in [4.69, 9.17) is 0 Å². The summed E-state index contributed by atoms with van der Waals surface area (Å²) in [6.45, 7) is 2.69. The lowest BCUT2D eigenvalue weighted by molar-refractivity contribution is -0.158. The van der Waals surface area contributed by atoms with Crippen LogP contribution in [0.2, 0.25) is 0 Å². The van der Waals surface area contributed by atoms with Crippen molar-refractivity contribution in [2.45, 2.75) is 45.2 Å². The number of hydrogen-bond acceptors (Lipinski definition) is 2. The average molecular weight is 301 g/mol. The van der Waals surface area contributed by atoms with Gasteiger partial charge in [0.15, 0.2) is 0 Å². The van der Waals surface area contributed by atoms with Crippen LogP contribution in [0.1, 0.15) is 38.2 Å². The predicted molar refractivity (Wildman–Crippen MR) is 83.0 cm³/mol. The number of benzene rings is 1. The lowest BCUT2D eigenvalue weighted by Gasteiger charge is -2.39. The van der Waals surface area contributed by atoms with Gasteiger partial charge in [-0.25, -0.2) is 0 Å². The quantitative estimate of drug-likeness (QED) is 0.879. The Morgan fingerprint density at radius 1 is 1.14 bits per heavy atom. The molecular weight excluding hydrogens is 278 g/mol. The van der Waals surface area contributed by atoms with E-state index in [-0.39, 0.29) is 17.9 Å². The highest BCUT2D eigenvalue weighted by Gasteiger charge is 2.45. The maximum atomic E-state index is 12.9. The largest absolute Gasteiger partial charge is 0.481 e. The molecule has 0 radical (unpaired) electrons. The molecular formula is C18H23NO3. The van der Waals surface area contributed by atoms with Gasteiger partial charge in [0.05, 0.1) is 11.8 Å². The molecule has 3 atom stereocenters. The van der Waals surface area contributed by atoms with Gasteiger partial charge < -0.3 is 10.0 Å². The molecule has 1 amide bonds. The van der Waals surface area contributed by atoms with Crippen LogP contribution in [0.15, 0.2) is 30.3 Å². The normalized spacial score (nSPS) is 25.1. The Bertz CT molecular complexity index is 553. The maximum absolute atomic E-state index is 12.9. The van der Waals surface area contributed by atoms with Crippen molar-refractivity contribution in [2.24, 2.45) is 17.8 Å². The molecule has 1 N–H and O–H groups in total. The minimum absolute atomic E-state index is 0.0295. The zero-order chi connectivity index (χ0) is 15.7. The first-order chi connectivity index (χ1) is 10.6. The van der Waals surface area contributed by atoms with Gasteiger partial charge in [-0.2, -0.15) is 0 Å². The molecule has 3 unspecified atom stereocenters. The Kier molecular flexibility index (Phi) is 4.19. The Hall–Kier alpha value is -1.84. The second-order valence-electron chi connectivity index (χ2n) is 6.66. The Balaban J connectivity index is 1.76. The summed E-state index contributed by atoms with van der Waals surface area (Å²) >= 11 is 0. The number of nitrogens with zero attached hydrogens (tertiary/aromatic N) is 1. The summed E-state index contributed by atoms with van der Waals surface area (Å²) in [7, 11) is 0. The first kappa shape index (κ1) is 15.1. The van der Waals surface area contributed by atoms with Crippen LogP contribution >= 0.6 is 0 Å². The van der Waals surface area contributed by atoms with Gasteiger partial charge in [0.2, 0.25) is 5.91 Å². The third kappa shape index (κ3) is 3.01. The summed E-state index contributed by atoms with van der Waals surface area (Å²) in [6, 6.07) is 10.2. The molecule has 22 heavy (non-hydrogen) atoms. The van der Waals surface area contributed by atoms with E-state index in [0.29, 0.717) is 25.3 Å². The smallest absolute Gasteiger partial charge is 0.307 e. The fraction of sp³-hybridized carbons (Fsp3) is 0.556. The number of aliphatic carboxylic acids is 1. The zero-order valence-electron chi connectivity index (χ0n) is 12.9. The first-order valence-corrected chi connectivity index (χ1v) is 8.15. The molecule has 2 aliphatic carbocycles. The minimum atomic E-state index is -0.830.